The van der Waals surface area contributed by atoms with Gasteiger partial charge >= 0.3 is 0 Å². The van der Waals surface area contributed by atoms with Crippen molar-refractivity contribution in [1.29, 1.82) is 0 Å². The highest BCUT2D eigenvalue weighted by atomic mass is 16.3. The number of carbonyl (C=O) groups excluding carboxylic acids is 1. The number of nitrogens with zero attached hydrogens (tertiary/aromatic N) is 2. The Morgan fingerprint density at radius 3 is 2.49 bits per heavy atom. The zero-order chi connectivity index (χ0) is 24.7. The minimum atomic E-state index is -0.555. The topological polar surface area (TPSA) is 77.0 Å². The van der Waals surface area contributed by atoms with Gasteiger partial charge in [0.05, 0.1) is 5.69 Å². The summed E-state index contributed by atoms with van der Waals surface area (Å²) in [5.74, 6) is 1.04. The lowest BCUT2D eigenvalue weighted by atomic mass is 9.90. The largest absolute Gasteiger partial charge is 0.508 e. The van der Waals surface area contributed by atoms with Crippen LogP contribution in [-0.2, 0) is 4.79 Å². The number of hydrogen-bond donors (Lipinski definition) is 3. The van der Waals surface area contributed by atoms with Crippen molar-refractivity contribution in [3.63, 3.8) is 0 Å². The van der Waals surface area contributed by atoms with E-state index < -0.39 is 6.04 Å². The van der Waals surface area contributed by atoms with Gasteiger partial charge in [-0.1, -0.05) is 18.2 Å². The second kappa shape index (κ2) is 9.19. The Labute approximate surface area is 206 Å². The molecule has 0 radical (unpaired) electrons. The van der Waals surface area contributed by atoms with E-state index in [1.54, 1.807) is 19.2 Å². The van der Waals surface area contributed by atoms with Gasteiger partial charge in [0.15, 0.2) is 0 Å². The highest BCUT2D eigenvalue weighted by molar-refractivity contribution is 6.08. The normalized spacial score (nSPS) is 19.0. The zero-order valence-corrected chi connectivity index (χ0v) is 20.7. The Morgan fingerprint density at radius 1 is 1.11 bits per heavy atom. The second-order valence-electron chi connectivity index (χ2n) is 9.68. The summed E-state index contributed by atoms with van der Waals surface area (Å²) in [6.07, 6.45) is 1.86. The van der Waals surface area contributed by atoms with Gasteiger partial charge in [-0.05, 0) is 98.0 Å². The molecule has 0 bridgehead atoms. The Morgan fingerprint density at radius 2 is 1.86 bits per heavy atom. The van der Waals surface area contributed by atoms with E-state index in [0.717, 1.165) is 70.0 Å². The number of amidine groups is 1. The summed E-state index contributed by atoms with van der Waals surface area (Å²) in [7, 11) is 1.69. The Bertz CT molecular complexity index is 1310. The molecule has 0 spiro atoms. The molecule has 1 unspecified atom stereocenters. The van der Waals surface area contributed by atoms with Gasteiger partial charge in [0.2, 0.25) is 5.91 Å². The van der Waals surface area contributed by atoms with E-state index in [9.17, 15) is 9.90 Å². The quantitative estimate of drug-likeness (QED) is 0.488. The van der Waals surface area contributed by atoms with E-state index in [0.29, 0.717) is 6.04 Å². The highest BCUT2D eigenvalue weighted by Crippen LogP contribution is 2.43. The molecule has 1 saturated heterocycles. The number of rotatable bonds is 5. The minimum absolute atomic E-state index is 0.0786. The number of anilines is 1. The predicted molar refractivity (Wildman–Crippen MR) is 142 cm³/mol. The molecule has 2 aliphatic rings. The number of nitrogens with one attached hydrogen (secondary N) is 2. The number of aryl methyl sites for hydroxylation is 3. The number of phenolic OH excluding ortho intramolecular Hbond substituents is 1. The summed E-state index contributed by atoms with van der Waals surface area (Å²) >= 11 is 0. The van der Waals surface area contributed by atoms with E-state index in [4.69, 9.17) is 4.99 Å². The first-order valence-corrected chi connectivity index (χ1v) is 12.2. The van der Waals surface area contributed by atoms with Gasteiger partial charge in [-0.25, -0.2) is 4.99 Å². The van der Waals surface area contributed by atoms with Crippen LogP contribution in [0, 0.1) is 20.8 Å². The van der Waals surface area contributed by atoms with Gasteiger partial charge in [-0.3, -0.25) is 4.79 Å². The number of benzene rings is 3. The number of fused-ring (bicyclic) bond motifs is 1. The van der Waals surface area contributed by atoms with Crippen molar-refractivity contribution in [3.8, 4) is 16.9 Å². The van der Waals surface area contributed by atoms with Crippen LogP contribution in [0.2, 0.25) is 0 Å². The Balaban J connectivity index is 1.72. The first-order chi connectivity index (χ1) is 16.8. The third-order valence-corrected chi connectivity index (χ3v) is 6.95. The first-order valence-electron chi connectivity index (χ1n) is 12.2. The molecular weight excluding hydrogens is 436 g/mol. The molecule has 2 heterocycles. The van der Waals surface area contributed by atoms with Gasteiger partial charge in [-0.15, -0.1) is 0 Å². The van der Waals surface area contributed by atoms with Crippen molar-refractivity contribution in [1.82, 2.24) is 10.6 Å². The van der Waals surface area contributed by atoms with Gasteiger partial charge in [-0.2, -0.15) is 0 Å². The van der Waals surface area contributed by atoms with Crippen molar-refractivity contribution in [2.24, 2.45) is 4.99 Å². The number of amides is 1. The van der Waals surface area contributed by atoms with E-state index in [-0.39, 0.29) is 11.7 Å². The number of aromatic hydroxyl groups is 1. The van der Waals surface area contributed by atoms with Crippen LogP contribution in [0.3, 0.4) is 0 Å². The van der Waals surface area contributed by atoms with Crippen LogP contribution >= 0.6 is 0 Å². The second-order valence-corrected chi connectivity index (χ2v) is 9.68. The third kappa shape index (κ3) is 4.42. The van der Waals surface area contributed by atoms with Crippen LogP contribution in [0.4, 0.5) is 11.4 Å². The summed E-state index contributed by atoms with van der Waals surface area (Å²) < 4.78 is 0. The summed E-state index contributed by atoms with van der Waals surface area (Å²) in [5, 5.41) is 16.5. The summed E-state index contributed by atoms with van der Waals surface area (Å²) in [6.45, 7) is 7.23. The molecule has 35 heavy (non-hydrogen) atoms. The fourth-order valence-electron chi connectivity index (χ4n) is 5.16. The molecular formula is C29H32N4O2. The van der Waals surface area contributed by atoms with Crippen LogP contribution in [0.5, 0.6) is 5.75 Å². The lowest BCUT2D eigenvalue weighted by molar-refractivity contribution is -0.121. The number of carbonyl (C=O) groups is 1. The van der Waals surface area contributed by atoms with E-state index in [1.165, 1.54) is 0 Å². The molecule has 0 aromatic heterocycles. The van der Waals surface area contributed by atoms with E-state index in [2.05, 4.69) is 59.7 Å². The van der Waals surface area contributed by atoms with Gasteiger partial charge in [0.25, 0.3) is 0 Å². The molecule has 5 rings (SSSR count). The molecule has 1 amide bonds. The van der Waals surface area contributed by atoms with Gasteiger partial charge < -0.3 is 20.6 Å². The first kappa shape index (κ1) is 23.1. The summed E-state index contributed by atoms with van der Waals surface area (Å²) in [5.41, 5.74) is 7.89. The minimum Gasteiger partial charge on any atom is -0.508 e. The number of hydrogen-bond acceptors (Lipinski definition) is 5. The van der Waals surface area contributed by atoms with Crippen molar-refractivity contribution in [3.05, 3.63) is 76.9 Å². The molecule has 3 aromatic carbocycles. The molecule has 0 saturated carbocycles. The molecule has 2 aliphatic heterocycles. The number of phenols is 1. The third-order valence-electron chi connectivity index (χ3n) is 6.95. The van der Waals surface area contributed by atoms with Crippen LogP contribution < -0.4 is 15.5 Å². The SMILES string of the molecule is CNC(=O)C1c2cc(-c3cccc(O)c3)c(C)cc2N=C(C[C@@H]2CCN2)N1c1cc(C)cc(C)c1. The Kier molecular flexibility index (Phi) is 6.07. The van der Waals surface area contributed by atoms with Gasteiger partial charge in [0.1, 0.15) is 17.6 Å². The molecule has 3 N–H and O–H groups in total. The van der Waals surface area contributed by atoms with Crippen LogP contribution in [0.1, 0.15) is 41.1 Å². The maximum Gasteiger partial charge on any atom is 0.247 e. The fourth-order valence-corrected chi connectivity index (χ4v) is 5.16. The molecule has 1 fully saturated rings. The van der Waals surface area contributed by atoms with Crippen molar-refractivity contribution in [2.75, 3.05) is 18.5 Å². The molecule has 3 aromatic rings. The van der Waals surface area contributed by atoms with E-state index in [1.807, 2.05) is 19.1 Å². The maximum atomic E-state index is 13.5. The zero-order valence-electron chi connectivity index (χ0n) is 20.7. The van der Waals surface area contributed by atoms with Crippen molar-refractivity contribution < 1.29 is 9.90 Å². The highest BCUT2D eigenvalue weighted by Gasteiger charge is 2.38. The number of likely N-dealkylation sites (N-methyl/N-ethyl adjacent to an activating group) is 1. The van der Waals surface area contributed by atoms with Crippen molar-refractivity contribution in [2.45, 2.75) is 45.7 Å². The average Bonchev–Trinajstić information content (AvgIpc) is 2.79. The molecule has 6 heteroatoms. The van der Waals surface area contributed by atoms with Crippen LogP contribution in [-0.4, -0.2) is 36.5 Å². The lowest BCUT2D eigenvalue weighted by Crippen LogP contribution is -2.50. The fraction of sp³-hybridized carbons (Fsp3) is 0.310. The van der Waals surface area contributed by atoms with Crippen LogP contribution in [0.25, 0.3) is 11.1 Å². The molecule has 180 valence electrons. The van der Waals surface area contributed by atoms with Crippen molar-refractivity contribution >= 4 is 23.1 Å². The molecule has 6 nitrogen and oxygen atoms in total. The maximum absolute atomic E-state index is 13.5. The summed E-state index contributed by atoms with van der Waals surface area (Å²) in [6, 6.07) is 17.6. The standard InChI is InChI=1S/C29H32N4O2/c1-17-10-18(2)12-22(11-17)33-27(15-21-8-9-31-21)32-26-13-19(3)24(20-6-5-7-23(34)14-20)16-25(26)28(33)29(35)30-4/h5-7,10-14,16,21,28,31,34H,8-9,15H2,1-4H3,(H,30,35)/t21-,28?/m0/s1. The number of aliphatic imine (C=N–C) groups is 1. The Hall–Kier alpha value is -3.64. The van der Waals surface area contributed by atoms with E-state index >= 15 is 0 Å². The monoisotopic (exact) mass is 468 g/mol. The average molecular weight is 469 g/mol. The summed E-state index contributed by atoms with van der Waals surface area (Å²) in [4.78, 5) is 20.8. The van der Waals surface area contributed by atoms with Crippen LogP contribution in [0.15, 0.2) is 59.6 Å². The van der Waals surface area contributed by atoms with Gasteiger partial charge in [0, 0.05) is 30.8 Å². The molecule has 0 aliphatic carbocycles. The predicted octanol–water partition coefficient (Wildman–Crippen LogP) is 5.07. The molecule has 2 atom stereocenters. The smallest absolute Gasteiger partial charge is 0.247 e. The lowest BCUT2D eigenvalue weighted by Gasteiger charge is -2.40.